The van der Waals surface area contributed by atoms with Crippen LogP contribution in [0.25, 0.3) is 0 Å². The smallest absolute Gasteiger partial charge is 0.130 e. The van der Waals surface area contributed by atoms with Crippen molar-refractivity contribution in [3.8, 4) is 0 Å². The van der Waals surface area contributed by atoms with Gasteiger partial charge in [-0.2, -0.15) is 0 Å². The molecule has 0 amide bonds. The van der Waals surface area contributed by atoms with Gasteiger partial charge in [-0.15, -0.1) is 0 Å². The number of fused-ring (bicyclic) bond motifs is 2. The van der Waals surface area contributed by atoms with Crippen molar-refractivity contribution in [1.82, 2.24) is 14.9 Å². The monoisotopic (exact) mass is 355 g/mol. The first-order chi connectivity index (χ1) is 12.4. The van der Waals surface area contributed by atoms with Crippen molar-refractivity contribution in [2.24, 2.45) is 0 Å². The molecule has 26 heavy (non-hydrogen) atoms. The first-order valence-corrected chi connectivity index (χ1v) is 9.49. The number of aliphatic hydroxyl groups is 1. The van der Waals surface area contributed by atoms with Gasteiger partial charge in [0.15, 0.2) is 0 Å². The van der Waals surface area contributed by atoms with Gasteiger partial charge in [0.25, 0.3) is 0 Å². The van der Waals surface area contributed by atoms with E-state index in [1.54, 1.807) is 12.1 Å². The van der Waals surface area contributed by atoms with Crippen LogP contribution in [0.4, 0.5) is 4.39 Å². The van der Waals surface area contributed by atoms with Crippen LogP contribution in [0.3, 0.4) is 0 Å². The van der Waals surface area contributed by atoms with Gasteiger partial charge in [-0.1, -0.05) is 26.0 Å². The van der Waals surface area contributed by atoms with Crippen LogP contribution in [-0.2, 0) is 12.1 Å². The zero-order valence-electron chi connectivity index (χ0n) is 15.4. The second kappa shape index (κ2) is 6.71. The Morgan fingerprint density at radius 3 is 2.23 bits per heavy atom. The van der Waals surface area contributed by atoms with Crippen molar-refractivity contribution >= 4 is 0 Å². The fourth-order valence-electron chi connectivity index (χ4n) is 4.53. The van der Waals surface area contributed by atoms with E-state index in [4.69, 9.17) is 0 Å². The molecule has 2 aliphatic heterocycles. The third kappa shape index (κ3) is 3.26. The molecule has 1 N–H and O–H groups in total. The fourth-order valence-corrected chi connectivity index (χ4v) is 4.53. The maximum absolute atomic E-state index is 13.2. The van der Waals surface area contributed by atoms with Crippen LogP contribution < -0.4 is 0 Å². The number of rotatable bonds is 4. The van der Waals surface area contributed by atoms with Crippen LogP contribution >= 0.6 is 0 Å². The number of hydrogen-bond acceptors (Lipinski definition) is 4. The minimum atomic E-state index is -0.853. The van der Waals surface area contributed by atoms with E-state index in [0.717, 1.165) is 36.3 Å². The molecule has 2 fully saturated rings. The van der Waals surface area contributed by atoms with Crippen molar-refractivity contribution < 1.29 is 9.50 Å². The largest absolute Gasteiger partial charge is 0.385 e. The Morgan fingerprint density at radius 1 is 1.12 bits per heavy atom. The lowest BCUT2D eigenvalue weighted by Crippen LogP contribution is -2.49. The molecule has 0 spiro atoms. The lowest BCUT2D eigenvalue weighted by atomic mass is 9.80. The van der Waals surface area contributed by atoms with E-state index in [-0.39, 0.29) is 5.82 Å². The fraction of sp³-hybridized carbons (Fsp3) is 0.524. The molecule has 1 aromatic heterocycles. The Balaban J connectivity index is 1.49. The maximum atomic E-state index is 13.2. The first-order valence-electron chi connectivity index (χ1n) is 9.49. The third-order valence-corrected chi connectivity index (χ3v) is 5.91. The molecule has 3 heterocycles. The average molecular weight is 355 g/mol. The van der Waals surface area contributed by atoms with Crippen molar-refractivity contribution in [1.29, 1.82) is 0 Å². The molecule has 4 nitrogen and oxygen atoms in total. The summed E-state index contributed by atoms with van der Waals surface area (Å²) in [7, 11) is 0. The summed E-state index contributed by atoms with van der Waals surface area (Å²) >= 11 is 0. The van der Waals surface area contributed by atoms with Gasteiger partial charge >= 0.3 is 0 Å². The number of piperidine rings is 1. The molecule has 2 bridgehead atoms. The predicted molar refractivity (Wildman–Crippen MR) is 98.0 cm³/mol. The molecule has 2 saturated heterocycles. The lowest BCUT2D eigenvalue weighted by Gasteiger charge is -2.44. The molecular formula is C21H26FN3O. The summed E-state index contributed by atoms with van der Waals surface area (Å²) in [5.41, 5.74) is 1.10. The van der Waals surface area contributed by atoms with E-state index in [1.807, 2.05) is 12.4 Å². The minimum Gasteiger partial charge on any atom is -0.385 e. The topological polar surface area (TPSA) is 49.2 Å². The van der Waals surface area contributed by atoms with Crippen molar-refractivity contribution in [2.75, 3.05) is 0 Å². The zero-order valence-corrected chi connectivity index (χ0v) is 15.4. The molecule has 2 unspecified atom stereocenters. The molecule has 2 atom stereocenters. The van der Waals surface area contributed by atoms with Gasteiger partial charge in [0.1, 0.15) is 11.6 Å². The van der Waals surface area contributed by atoms with Crippen molar-refractivity contribution in [3.63, 3.8) is 0 Å². The van der Waals surface area contributed by atoms with Gasteiger partial charge in [0.2, 0.25) is 0 Å². The molecule has 1 aromatic carbocycles. The SMILES string of the molecule is CC(C)c1ncc(CN2C3CCC2CC(O)(c2ccc(F)cc2)C3)cn1. The number of hydrogen-bond donors (Lipinski definition) is 1. The minimum absolute atomic E-state index is 0.261. The molecule has 2 aliphatic rings. The molecule has 4 rings (SSSR count). The van der Waals surface area contributed by atoms with Crippen molar-refractivity contribution in [2.45, 2.75) is 69.7 Å². The highest BCUT2D eigenvalue weighted by molar-refractivity contribution is 5.26. The second-order valence-corrected chi connectivity index (χ2v) is 8.11. The van der Waals surface area contributed by atoms with Gasteiger partial charge in [-0.25, -0.2) is 14.4 Å². The highest BCUT2D eigenvalue weighted by atomic mass is 19.1. The van der Waals surface area contributed by atoms with E-state index in [0.29, 0.717) is 30.8 Å². The van der Waals surface area contributed by atoms with Crippen molar-refractivity contribution in [3.05, 3.63) is 59.4 Å². The van der Waals surface area contributed by atoms with E-state index >= 15 is 0 Å². The lowest BCUT2D eigenvalue weighted by molar-refractivity contribution is -0.0595. The Kier molecular flexibility index (Phi) is 4.53. The Morgan fingerprint density at radius 2 is 1.69 bits per heavy atom. The Labute approximate surface area is 154 Å². The molecule has 138 valence electrons. The first kappa shape index (κ1) is 17.6. The summed E-state index contributed by atoms with van der Waals surface area (Å²) in [6.07, 6.45) is 7.45. The van der Waals surface area contributed by atoms with Crippen LogP contribution in [0.2, 0.25) is 0 Å². The number of benzene rings is 1. The summed E-state index contributed by atoms with van der Waals surface area (Å²) in [4.78, 5) is 11.4. The molecule has 2 aromatic rings. The Bertz CT molecular complexity index is 746. The Hall–Kier alpha value is -1.85. The summed E-state index contributed by atoms with van der Waals surface area (Å²) in [5.74, 6) is 0.949. The van der Waals surface area contributed by atoms with Gasteiger partial charge in [-0.05, 0) is 43.4 Å². The van der Waals surface area contributed by atoms with E-state index in [1.165, 1.54) is 12.1 Å². The van der Waals surface area contributed by atoms with E-state index in [9.17, 15) is 9.50 Å². The molecule has 5 heteroatoms. The number of halogens is 1. The third-order valence-electron chi connectivity index (χ3n) is 5.91. The highest BCUT2D eigenvalue weighted by Crippen LogP contribution is 2.46. The molecule has 0 saturated carbocycles. The second-order valence-electron chi connectivity index (χ2n) is 8.11. The van der Waals surface area contributed by atoms with E-state index in [2.05, 4.69) is 28.7 Å². The summed E-state index contributed by atoms with van der Waals surface area (Å²) in [6.45, 7) is 5.01. The standard InChI is InChI=1S/C21H26FN3O/c1-14(2)20-23-11-15(12-24-20)13-25-18-7-8-19(25)10-21(26,9-18)16-3-5-17(22)6-4-16/h3-6,11-12,14,18-19,26H,7-10,13H2,1-2H3. The summed E-state index contributed by atoms with van der Waals surface area (Å²) < 4.78 is 13.2. The maximum Gasteiger partial charge on any atom is 0.130 e. The molecule has 0 aliphatic carbocycles. The van der Waals surface area contributed by atoms with Gasteiger partial charge in [0, 0.05) is 42.5 Å². The van der Waals surface area contributed by atoms with Gasteiger partial charge < -0.3 is 5.11 Å². The van der Waals surface area contributed by atoms with Gasteiger partial charge in [0.05, 0.1) is 5.60 Å². The number of nitrogens with zero attached hydrogens (tertiary/aromatic N) is 3. The highest BCUT2D eigenvalue weighted by Gasteiger charge is 2.48. The summed E-state index contributed by atoms with van der Waals surface area (Å²) in [6, 6.07) is 7.01. The van der Waals surface area contributed by atoms with Crippen LogP contribution in [0, 0.1) is 5.82 Å². The molecule has 0 radical (unpaired) electrons. The predicted octanol–water partition coefficient (Wildman–Crippen LogP) is 3.75. The quantitative estimate of drug-likeness (QED) is 0.907. The average Bonchev–Trinajstić information content (AvgIpc) is 2.86. The molecular weight excluding hydrogens is 329 g/mol. The van der Waals surface area contributed by atoms with Gasteiger partial charge in [-0.3, -0.25) is 4.90 Å². The summed E-state index contributed by atoms with van der Waals surface area (Å²) in [5, 5.41) is 11.2. The van der Waals surface area contributed by atoms with Crippen LogP contribution in [0.5, 0.6) is 0 Å². The zero-order chi connectivity index (χ0) is 18.3. The van der Waals surface area contributed by atoms with Crippen LogP contribution in [-0.4, -0.2) is 32.1 Å². The number of aromatic nitrogens is 2. The van der Waals surface area contributed by atoms with Crippen LogP contribution in [0.1, 0.15) is 62.4 Å². The van der Waals surface area contributed by atoms with E-state index < -0.39 is 5.60 Å². The van der Waals surface area contributed by atoms with Crippen LogP contribution in [0.15, 0.2) is 36.7 Å². The normalized spacial score (nSPS) is 28.7.